The van der Waals surface area contributed by atoms with E-state index in [1.165, 1.54) is 4.31 Å². The fourth-order valence-corrected chi connectivity index (χ4v) is 5.78. The molecule has 29 heavy (non-hydrogen) atoms. The minimum absolute atomic E-state index is 0.0744. The zero-order valence-corrected chi connectivity index (χ0v) is 18.1. The van der Waals surface area contributed by atoms with Gasteiger partial charge in [0.2, 0.25) is 5.91 Å². The predicted octanol–water partition coefficient (Wildman–Crippen LogP) is 2.53. The molecule has 2 aliphatic rings. The second-order valence-corrected chi connectivity index (χ2v) is 9.74. The van der Waals surface area contributed by atoms with E-state index < -0.39 is 10.2 Å². The number of nitrogens with zero attached hydrogens (tertiary/aromatic N) is 2. The highest BCUT2D eigenvalue weighted by Crippen LogP contribution is 2.23. The van der Waals surface area contributed by atoms with Gasteiger partial charge in [0.25, 0.3) is 10.2 Å². The summed E-state index contributed by atoms with van der Waals surface area (Å²) in [5.74, 6) is 0.437. The number of nitrogens with one attached hydrogen (secondary N) is 1. The Balaban J connectivity index is 1.54. The van der Waals surface area contributed by atoms with Crippen molar-refractivity contribution < 1.29 is 17.9 Å². The Morgan fingerprint density at radius 1 is 1.03 bits per heavy atom. The minimum atomic E-state index is -3.48. The van der Waals surface area contributed by atoms with Crippen molar-refractivity contribution in [2.75, 3.05) is 32.8 Å². The van der Waals surface area contributed by atoms with Crippen LogP contribution in [0.4, 0.5) is 0 Å². The molecule has 2 saturated heterocycles. The molecule has 0 radical (unpaired) electrons. The Bertz CT molecular complexity index is 759. The number of carbonyl (C=O) groups is 1. The molecule has 0 aliphatic carbocycles. The molecule has 0 spiro atoms. The fourth-order valence-electron chi connectivity index (χ4n) is 4.01. The van der Waals surface area contributed by atoms with Crippen LogP contribution in [0.5, 0.6) is 5.75 Å². The van der Waals surface area contributed by atoms with E-state index in [2.05, 4.69) is 5.32 Å². The third-order valence-corrected chi connectivity index (χ3v) is 7.68. The van der Waals surface area contributed by atoms with Gasteiger partial charge in [-0.25, -0.2) is 0 Å². The Morgan fingerprint density at radius 3 is 2.34 bits per heavy atom. The van der Waals surface area contributed by atoms with Crippen LogP contribution in [0.1, 0.15) is 51.0 Å². The average Bonchev–Trinajstić information content (AvgIpc) is 3.03. The molecule has 1 aromatic rings. The van der Waals surface area contributed by atoms with E-state index >= 15 is 0 Å². The molecule has 1 aromatic carbocycles. The molecule has 1 N–H and O–H groups in total. The van der Waals surface area contributed by atoms with Gasteiger partial charge in [-0.1, -0.05) is 25.0 Å². The Hall–Kier alpha value is -1.64. The number of benzene rings is 1. The SMILES string of the molecule is CCOc1ccc(CNC(=O)[C@@H]2CCCN(S(=O)(=O)N3CCCCCC3)C2)cc1. The van der Waals surface area contributed by atoms with Crippen molar-refractivity contribution in [2.45, 2.75) is 52.0 Å². The maximum atomic E-state index is 13.0. The first kappa shape index (κ1) is 22.1. The molecule has 3 rings (SSSR count). The normalized spacial score (nSPS) is 22.0. The number of hydrogen-bond acceptors (Lipinski definition) is 4. The fraction of sp³-hybridized carbons (Fsp3) is 0.667. The van der Waals surface area contributed by atoms with Gasteiger partial charge in [0.1, 0.15) is 5.75 Å². The van der Waals surface area contributed by atoms with Crippen LogP contribution in [0.2, 0.25) is 0 Å². The van der Waals surface area contributed by atoms with Gasteiger partial charge in [-0.3, -0.25) is 4.79 Å². The summed E-state index contributed by atoms with van der Waals surface area (Å²) in [6.07, 6.45) is 5.44. The van der Waals surface area contributed by atoms with E-state index in [1.54, 1.807) is 4.31 Å². The molecular formula is C21H33N3O4S. The van der Waals surface area contributed by atoms with E-state index in [0.717, 1.165) is 43.4 Å². The standard InChI is InChI=1S/C21H33N3O4S/c1-2-28-20-11-9-18(10-12-20)16-22-21(25)19-8-7-15-24(17-19)29(26,27)23-13-5-3-4-6-14-23/h9-12,19H,2-8,13-17H2,1H3,(H,22,25)/t19-/m1/s1. The van der Waals surface area contributed by atoms with Crippen molar-refractivity contribution in [3.05, 3.63) is 29.8 Å². The summed E-state index contributed by atoms with van der Waals surface area (Å²) in [6.45, 7) is 4.94. The van der Waals surface area contributed by atoms with Gasteiger partial charge in [-0.05, 0) is 50.3 Å². The zero-order chi connectivity index (χ0) is 20.7. The van der Waals surface area contributed by atoms with E-state index in [4.69, 9.17) is 4.74 Å². The zero-order valence-electron chi connectivity index (χ0n) is 17.3. The summed E-state index contributed by atoms with van der Waals surface area (Å²) in [4.78, 5) is 12.7. The van der Waals surface area contributed by atoms with Crippen LogP contribution in [0.25, 0.3) is 0 Å². The van der Waals surface area contributed by atoms with Crippen LogP contribution in [-0.2, 0) is 21.5 Å². The largest absolute Gasteiger partial charge is 0.494 e. The second-order valence-electron chi connectivity index (χ2n) is 7.81. The van der Waals surface area contributed by atoms with Crippen molar-refractivity contribution in [3.63, 3.8) is 0 Å². The smallest absolute Gasteiger partial charge is 0.281 e. The molecule has 0 bridgehead atoms. The average molecular weight is 424 g/mol. The maximum absolute atomic E-state index is 13.0. The number of carbonyl (C=O) groups excluding carboxylic acids is 1. The van der Waals surface area contributed by atoms with Crippen molar-refractivity contribution in [1.29, 1.82) is 0 Å². The van der Waals surface area contributed by atoms with E-state index in [1.807, 2.05) is 31.2 Å². The van der Waals surface area contributed by atoms with Gasteiger partial charge in [-0.15, -0.1) is 0 Å². The lowest BCUT2D eigenvalue weighted by Gasteiger charge is -2.34. The summed E-state index contributed by atoms with van der Waals surface area (Å²) < 4.78 is 34.6. The van der Waals surface area contributed by atoms with Crippen LogP contribution in [0.3, 0.4) is 0 Å². The van der Waals surface area contributed by atoms with Crippen LogP contribution in [-0.4, -0.2) is 55.7 Å². The van der Waals surface area contributed by atoms with Gasteiger partial charge in [0.15, 0.2) is 0 Å². The summed E-state index contributed by atoms with van der Waals surface area (Å²) in [5, 5.41) is 2.97. The summed E-state index contributed by atoms with van der Waals surface area (Å²) >= 11 is 0. The molecule has 162 valence electrons. The molecule has 0 saturated carbocycles. The molecule has 0 unspecified atom stereocenters. The molecule has 1 amide bonds. The minimum Gasteiger partial charge on any atom is -0.494 e. The molecule has 0 aromatic heterocycles. The third kappa shape index (κ3) is 5.93. The molecule has 7 nitrogen and oxygen atoms in total. The van der Waals surface area contributed by atoms with E-state index in [0.29, 0.717) is 39.2 Å². The number of ether oxygens (including phenoxy) is 1. The monoisotopic (exact) mass is 423 g/mol. The quantitative estimate of drug-likeness (QED) is 0.731. The predicted molar refractivity (Wildman–Crippen MR) is 113 cm³/mol. The van der Waals surface area contributed by atoms with E-state index in [-0.39, 0.29) is 18.4 Å². The lowest BCUT2D eigenvalue weighted by molar-refractivity contribution is -0.126. The summed E-state index contributed by atoms with van der Waals surface area (Å²) in [6, 6.07) is 7.65. The highest BCUT2D eigenvalue weighted by atomic mass is 32.2. The number of hydrogen-bond donors (Lipinski definition) is 1. The van der Waals surface area contributed by atoms with Crippen LogP contribution in [0, 0.1) is 5.92 Å². The van der Waals surface area contributed by atoms with Crippen molar-refractivity contribution in [2.24, 2.45) is 5.92 Å². The Morgan fingerprint density at radius 2 is 1.69 bits per heavy atom. The van der Waals surface area contributed by atoms with Crippen molar-refractivity contribution in [3.8, 4) is 5.75 Å². The second kappa shape index (κ2) is 10.4. The Labute approximate surface area is 174 Å². The highest BCUT2D eigenvalue weighted by molar-refractivity contribution is 7.86. The van der Waals surface area contributed by atoms with Crippen LogP contribution < -0.4 is 10.1 Å². The topological polar surface area (TPSA) is 79.0 Å². The lowest BCUT2D eigenvalue weighted by atomic mass is 9.99. The molecular weight excluding hydrogens is 390 g/mol. The van der Waals surface area contributed by atoms with Gasteiger partial charge < -0.3 is 10.1 Å². The molecule has 2 heterocycles. The first-order valence-electron chi connectivity index (χ1n) is 10.8. The maximum Gasteiger partial charge on any atom is 0.281 e. The van der Waals surface area contributed by atoms with Crippen LogP contribution in [0.15, 0.2) is 24.3 Å². The van der Waals surface area contributed by atoms with Gasteiger partial charge in [0.05, 0.1) is 12.5 Å². The summed E-state index contributed by atoms with van der Waals surface area (Å²) in [5.41, 5.74) is 0.992. The molecule has 8 heteroatoms. The van der Waals surface area contributed by atoms with Crippen molar-refractivity contribution >= 4 is 16.1 Å². The third-order valence-electron chi connectivity index (χ3n) is 5.67. The van der Waals surface area contributed by atoms with Gasteiger partial charge >= 0.3 is 0 Å². The molecule has 2 fully saturated rings. The number of piperidine rings is 1. The van der Waals surface area contributed by atoms with E-state index in [9.17, 15) is 13.2 Å². The highest BCUT2D eigenvalue weighted by Gasteiger charge is 2.35. The first-order valence-corrected chi connectivity index (χ1v) is 12.1. The molecule has 2 aliphatic heterocycles. The molecule has 1 atom stereocenters. The number of amides is 1. The number of rotatable bonds is 7. The first-order chi connectivity index (χ1) is 14.0. The van der Waals surface area contributed by atoms with Gasteiger partial charge in [0, 0.05) is 32.7 Å². The van der Waals surface area contributed by atoms with Gasteiger partial charge in [-0.2, -0.15) is 17.0 Å². The summed E-state index contributed by atoms with van der Waals surface area (Å²) in [7, 11) is -3.48. The lowest BCUT2D eigenvalue weighted by Crippen LogP contribution is -2.50. The Kier molecular flexibility index (Phi) is 7.91. The van der Waals surface area contributed by atoms with Crippen molar-refractivity contribution in [1.82, 2.24) is 13.9 Å². The van der Waals surface area contributed by atoms with Crippen LogP contribution >= 0.6 is 0 Å².